The minimum Gasteiger partial charge on any atom is -0.358 e. The van der Waals surface area contributed by atoms with Crippen molar-refractivity contribution in [2.45, 2.75) is 25.4 Å². The van der Waals surface area contributed by atoms with Gasteiger partial charge in [-0.3, -0.25) is 9.59 Å². The highest BCUT2D eigenvalue weighted by Crippen LogP contribution is 2.21. The molecule has 2 atom stereocenters. The second-order valence-electron chi connectivity index (χ2n) is 5.02. The first-order valence-corrected chi connectivity index (χ1v) is 6.78. The number of H-pyrrole nitrogens is 1. The molecule has 1 fully saturated rings. The predicted octanol–water partition coefficient (Wildman–Crippen LogP) is 1.37. The van der Waals surface area contributed by atoms with E-state index in [1.807, 2.05) is 18.2 Å². The van der Waals surface area contributed by atoms with Crippen LogP contribution in [0.1, 0.15) is 12.6 Å². The Balaban J connectivity index is 1.82. The van der Waals surface area contributed by atoms with Crippen LogP contribution in [0.4, 0.5) is 0 Å². The summed E-state index contributed by atoms with van der Waals surface area (Å²) in [5, 5.41) is 7.04. The number of amides is 2. The van der Waals surface area contributed by atoms with Crippen LogP contribution in [0.3, 0.4) is 0 Å². The summed E-state index contributed by atoms with van der Waals surface area (Å²) in [5.41, 5.74) is 1.84. The Kier molecular flexibility index (Phi) is 3.14. The molecule has 0 saturated carbocycles. The van der Waals surface area contributed by atoms with Gasteiger partial charge in [0.2, 0.25) is 11.8 Å². The zero-order valence-electron chi connectivity index (χ0n) is 10.9. The minimum absolute atomic E-state index is 0.159. The van der Waals surface area contributed by atoms with Crippen LogP contribution in [0.5, 0.6) is 0 Å². The molecule has 0 bridgehead atoms. The van der Waals surface area contributed by atoms with E-state index in [0.29, 0.717) is 11.4 Å². The van der Waals surface area contributed by atoms with Crippen molar-refractivity contribution in [1.82, 2.24) is 15.6 Å². The van der Waals surface area contributed by atoms with Crippen LogP contribution in [-0.2, 0) is 16.0 Å². The van der Waals surface area contributed by atoms with E-state index in [1.165, 1.54) is 0 Å². The molecule has 1 aromatic carbocycles. The number of benzene rings is 1. The van der Waals surface area contributed by atoms with Gasteiger partial charge in [0, 0.05) is 28.0 Å². The summed E-state index contributed by atoms with van der Waals surface area (Å²) in [4.78, 5) is 26.7. The highest BCUT2D eigenvalue weighted by molar-refractivity contribution is 6.31. The molecule has 0 radical (unpaired) electrons. The Bertz CT molecular complexity index is 695. The van der Waals surface area contributed by atoms with Crippen LogP contribution in [0.2, 0.25) is 5.02 Å². The molecule has 2 heterocycles. The van der Waals surface area contributed by atoms with Crippen molar-refractivity contribution in [3.8, 4) is 0 Å². The zero-order chi connectivity index (χ0) is 14.3. The molecule has 20 heavy (non-hydrogen) atoms. The van der Waals surface area contributed by atoms with E-state index in [1.54, 1.807) is 13.0 Å². The fraction of sp³-hybridized carbons (Fsp3) is 0.286. The average molecular weight is 292 g/mol. The standard InChI is InChI=1S/C14H14ClN3O2/c1-7-13(19)18-12(14(20)16-7)6-10-5-8-4-9(15)2-3-11(8)17-10/h2-5,7,12,17H,6H2,1H3,(H,16,20)(H,18,19). The second-order valence-corrected chi connectivity index (χ2v) is 5.46. The van der Waals surface area contributed by atoms with E-state index >= 15 is 0 Å². The van der Waals surface area contributed by atoms with Crippen LogP contribution < -0.4 is 10.6 Å². The summed E-state index contributed by atoms with van der Waals surface area (Å²) in [6.07, 6.45) is 0.427. The molecule has 5 nitrogen and oxygen atoms in total. The molecule has 0 spiro atoms. The van der Waals surface area contributed by atoms with E-state index in [4.69, 9.17) is 11.6 Å². The molecule has 104 valence electrons. The Hall–Kier alpha value is -2.01. The highest BCUT2D eigenvalue weighted by Gasteiger charge is 2.31. The monoisotopic (exact) mass is 291 g/mol. The van der Waals surface area contributed by atoms with Gasteiger partial charge in [-0.05, 0) is 31.2 Å². The quantitative estimate of drug-likeness (QED) is 0.782. The van der Waals surface area contributed by atoms with Crippen molar-refractivity contribution in [2.75, 3.05) is 0 Å². The van der Waals surface area contributed by atoms with Crippen LogP contribution in [0.25, 0.3) is 10.9 Å². The molecule has 1 aliphatic heterocycles. The number of rotatable bonds is 2. The Morgan fingerprint density at radius 3 is 2.75 bits per heavy atom. The maximum Gasteiger partial charge on any atom is 0.243 e. The number of aromatic amines is 1. The SMILES string of the molecule is CC1NC(=O)C(Cc2cc3cc(Cl)ccc3[nH]2)NC1=O. The normalized spacial score (nSPS) is 22.7. The predicted molar refractivity (Wildman–Crippen MR) is 76.5 cm³/mol. The summed E-state index contributed by atoms with van der Waals surface area (Å²) in [6, 6.07) is 6.49. The van der Waals surface area contributed by atoms with Gasteiger partial charge in [0.05, 0.1) is 0 Å². The van der Waals surface area contributed by atoms with Gasteiger partial charge in [-0.2, -0.15) is 0 Å². The smallest absolute Gasteiger partial charge is 0.243 e. The molecule has 2 unspecified atom stereocenters. The molecular weight excluding hydrogens is 278 g/mol. The van der Waals surface area contributed by atoms with Crippen LogP contribution in [-0.4, -0.2) is 28.9 Å². The topological polar surface area (TPSA) is 74.0 Å². The Morgan fingerprint density at radius 2 is 1.95 bits per heavy atom. The molecule has 0 aliphatic carbocycles. The van der Waals surface area contributed by atoms with Crippen molar-refractivity contribution in [1.29, 1.82) is 0 Å². The molecule has 2 aromatic rings. The third-order valence-corrected chi connectivity index (χ3v) is 3.68. The Labute approximate surface area is 120 Å². The zero-order valence-corrected chi connectivity index (χ0v) is 11.6. The largest absolute Gasteiger partial charge is 0.358 e. The third-order valence-electron chi connectivity index (χ3n) is 3.45. The number of hydrogen-bond donors (Lipinski definition) is 3. The van der Waals surface area contributed by atoms with E-state index in [0.717, 1.165) is 16.6 Å². The van der Waals surface area contributed by atoms with E-state index in [9.17, 15) is 9.59 Å². The molecule has 3 N–H and O–H groups in total. The second kappa shape index (κ2) is 4.83. The van der Waals surface area contributed by atoms with Gasteiger partial charge in [-0.25, -0.2) is 0 Å². The van der Waals surface area contributed by atoms with Gasteiger partial charge in [0.1, 0.15) is 12.1 Å². The van der Waals surface area contributed by atoms with Crippen LogP contribution >= 0.6 is 11.6 Å². The van der Waals surface area contributed by atoms with Gasteiger partial charge in [0.15, 0.2) is 0 Å². The molecule has 1 aliphatic rings. The van der Waals surface area contributed by atoms with Gasteiger partial charge in [-0.1, -0.05) is 11.6 Å². The van der Waals surface area contributed by atoms with Gasteiger partial charge in [-0.15, -0.1) is 0 Å². The molecule has 3 rings (SSSR count). The lowest BCUT2D eigenvalue weighted by Crippen LogP contribution is -2.61. The highest BCUT2D eigenvalue weighted by atomic mass is 35.5. The lowest BCUT2D eigenvalue weighted by atomic mass is 10.1. The molecule has 1 aromatic heterocycles. The van der Waals surface area contributed by atoms with E-state index in [2.05, 4.69) is 15.6 Å². The first-order chi connectivity index (χ1) is 9.52. The van der Waals surface area contributed by atoms with Crippen molar-refractivity contribution in [3.05, 3.63) is 35.0 Å². The lowest BCUT2D eigenvalue weighted by Gasteiger charge is -2.27. The number of hydrogen-bond acceptors (Lipinski definition) is 2. The molecule has 1 saturated heterocycles. The maximum absolute atomic E-state index is 11.9. The number of carbonyl (C=O) groups excluding carboxylic acids is 2. The fourth-order valence-electron chi connectivity index (χ4n) is 2.38. The molecular formula is C14H14ClN3O2. The van der Waals surface area contributed by atoms with E-state index < -0.39 is 12.1 Å². The van der Waals surface area contributed by atoms with Crippen molar-refractivity contribution in [3.63, 3.8) is 0 Å². The number of nitrogens with one attached hydrogen (secondary N) is 3. The maximum atomic E-state index is 11.9. The average Bonchev–Trinajstić information content (AvgIpc) is 2.77. The third kappa shape index (κ3) is 2.36. The molecule has 6 heteroatoms. The first-order valence-electron chi connectivity index (χ1n) is 6.41. The lowest BCUT2D eigenvalue weighted by molar-refractivity contribution is -0.136. The van der Waals surface area contributed by atoms with Crippen LogP contribution in [0, 0.1) is 0 Å². The Morgan fingerprint density at radius 1 is 1.15 bits per heavy atom. The fourth-order valence-corrected chi connectivity index (χ4v) is 2.56. The summed E-state index contributed by atoms with van der Waals surface area (Å²) >= 11 is 5.94. The van der Waals surface area contributed by atoms with Gasteiger partial charge in [0.25, 0.3) is 0 Å². The minimum atomic E-state index is -0.540. The van der Waals surface area contributed by atoms with E-state index in [-0.39, 0.29) is 11.8 Å². The van der Waals surface area contributed by atoms with Crippen molar-refractivity contribution < 1.29 is 9.59 Å². The number of carbonyl (C=O) groups is 2. The summed E-state index contributed by atoms with van der Waals surface area (Å²) in [6.45, 7) is 1.66. The van der Waals surface area contributed by atoms with Crippen molar-refractivity contribution in [2.24, 2.45) is 0 Å². The summed E-state index contributed by atoms with van der Waals surface area (Å²) < 4.78 is 0. The first kappa shape index (κ1) is 13.0. The summed E-state index contributed by atoms with van der Waals surface area (Å²) in [7, 11) is 0. The van der Waals surface area contributed by atoms with Crippen molar-refractivity contribution >= 4 is 34.3 Å². The van der Waals surface area contributed by atoms with Crippen LogP contribution in [0.15, 0.2) is 24.3 Å². The molecule has 2 amide bonds. The van der Waals surface area contributed by atoms with Gasteiger partial charge < -0.3 is 15.6 Å². The van der Waals surface area contributed by atoms with Gasteiger partial charge >= 0.3 is 0 Å². The summed E-state index contributed by atoms with van der Waals surface area (Å²) in [5.74, 6) is -0.317. The number of piperazine rings is 1. The number of aromatic nitrogens is 1. The number of halogens is 1. The number of fused-ring (bicyclic) bond motifs is 1.